The van der Waals surface area contributed by atoms with Gasteiger partial charge in [0.1, 0.15) is 5.75 Å². The molecule has 0 aromatic heterocycles. The predicted molar refractivity (Wildman–Crippen MR) is 74.2 cm³/mol. The van der Waals surface area contributed by atoms with Crippen LogP contribution in [-0.2, 0) is 4.74 Å². The second-order valence-corrected chi connectivity index (χ2v) is 5.22. The van der Waals surface area contributed by atoms with Gasteiger partial charge in [-0.3, -0.25) is 0 Å². The summed E-state index contributed by atoms with van der Waals surface area (Å²) in [6.07, 6.45) is 1.33. The lowest BCUT2D eigenvalue weighted by Gasteiger charge is -2.23. The van der Waals surface area contributed by atoms with Crippen molar-refractivity contribution in [2.45, 2.75) is 39.3 Å². The maximum atomic E-state index is 5.82. The van der Waals surface area contributed by atoms with Gasteiger partial charge < -0.3 is 14.8 Å². The fourth-order valence-corrected chi connectivity index (χ4v) is 2.25. The molecule has 18 heavy (non-hydrogen) atoms. The highest BCUT2D eigenvalue weighted by atomic mass is 16.5. The lowest BCUT2D eigenvalue weighted by atomic mass is 10.0. The zero-order valence-corrected chi connectivity index (χ0v) is 11.5. The second kappa shape index (κ2) is 6.10. The molecule has 2 rings (SSSR count). The molecule has 1 aromatic rings. The molecule has 1 aliphatic heterocycles. The highest BCUT2D eigenvalue weighted by Crippen LogP contribution is 2.28. The van der Waals surface area contributed by atoms with Crippen LogP contribution in [0.3, 0.4) is 0 Å². The van der Waals surface area contributed by atoms with E-state index >= 15 is 0 Å². The van der Waals surface area contributed by atoms with Crippen molar-refractivity contribution in [1.82, 2.24) is 0 Å². The molecule has 3 nitrogen and oxygen atoms in total. The Morgan fingerprint density at radius 2 is 2.06 bits per heavy atom. The summed E-state index contributed by atoms with van der Waals surface area (Å²) in [4.78, 5) is 0. The molecule has 0 aliphatic carbocycles. The van der Waals surface area contributed by atoms with E-state index in [2.05, 4.69) is 18.3 Å². The average Bonchev–Trinajstić information content (AvgIpc) is 2.84. The van der Waals surface area contributed by atoms with Crippen molar-refractivity contribution in [1.29, 1.82) is 0 Å². The Kier molecular flexibility index (Phi) is 4.48. The topological polar surface area (TPSA) is 30.5 Å². The first-order chi connectivity index (χ1) is 8.66. The molecule has 1 N–H and O–H groups in total. The van der Waals surface area contributed by atoms with E-state index in [1.54, 1.807) is 0 Å². The van der Waals surface area contributed by atoms with E-state index in [0.29, 0.717) is 12.0 Å². The third kappa shape index (κ3) is 3.39. The maximum absolute atomic E-state index is 5.82. The summed E-state index contributed by atoms with van der Waals surface area (Å²) in [6.45, 7) is 8.06. The number of benzene rings is 1. The number of rotatable bonds is 5. The van der Waals surface area contributed by atoms with E-state index in [9.17, 15) is 0 Å². The minimum absolute atomic E-state index is 0.193. The summed E-state index contributed by atoms with van der Waals surface area (Å²) in [6, 6.07) is 8.54. The SMILES string of the molecule is CC(C)Oc1ccccc1NC(C)C1CCOC1. The molecule has 1 fully saturated rings. The van der Waals surface area contributed by atoms with Crippen molar-refractivity contribution in [3.63, 3.8) is 0 Å². The Balaban J connectivity index is 2.03. The van der Waals surface area contributed by atoms with Gasteiger partial charge >= 0.3 is 0 Å². The quantitative estimate of drug-likeness (QED) is 0.868. The summed E-state index contributed by atoms with van der Waals surface area (Å²) in [5, 5.41) is 3.55. The fourth-order valence-electron chi connectivity index (χ4n) is 2.25. The molecule has 2 unspecified atom stereocenters. The number of hydrogen-bond donors (Lipinski definition) is 1. The second-order valence-electron chi connectivity index (χ2n) is 5.22. The monoisotopic (exact) mass is 249 g/mol. The summed E-state index contributed by atoms with van der Waals surface area (Å²) in [5.74, 6) is 1.52. The van der Waals surface area contributed by atoms with E-state index in [4.69, 9.17) is 9.47 Å². The van der Waals surface area contributed by atoms with Crippen molar-refractivity contribution in [3.05, 3.63) is 24.3 Å². The van der Waals surface area contributed by atoms with Crippen LogP contribution in [0.25, 0.3) is 0 Å². The molecular formula is C15H23NO2. The standard InChI is InChI=1S/C15H23NO2/c1-11(2)18-15-7-5-4-6-14(15)16-12(3)13-8-9-17-10-13/h4-7,11-13,16H,8-10H2,1-3H3. The number of anilines is 1. The molecule has 2 atom stereocenters. The summed E-state index contributed by atoms with van der Waals surface area (Å²) in [5.41, 5.74) is 1.07. The van der Waals surface area contributed by atoms with Crippen molar-refractivity contribution in [2.75, 3.05) is 18.5 Å². The molecule has 1 aromatic carbocycles. The van der Waals surface area contributed by atoms with Crippen LogP contribution in [0.2, 0.25) is 0 Å². The number of hydrogen-bond acceptors (Lipinski definition) is 3. The van der Waals surface area contributed by atoms with Gasteiger partial charge in [0.2, 0.25) is 0 Å². The molecule has 1 aliphatic rings. The van der Waals surface area contributed by atoms with Crippen LogP contribution in [-0.4, -0.2) is 25.4 Å². The molecule has 0 radical (unpaired) electrons. The van der Waals surface area contributed by atoms with Gasteiger partial charge in [-0.2, -0.15) is 0 Å². The molecule has 0 spiro atoms. The normalized spacial score (nSPS) is 21.0. The highest BCUT2D eigenvalue weighted by Gasteiger charge is 2.22. The van der Waals surface area contributed by atoms with E-state index in [1.165, 1.54) is 0 Å². The van der Waals surface area contributed by atoms with E-state index in [1.807, 2.05) is 32.0 Å². The molecule has 0 amide bonds. The lowest BCUT2D eigenvalue weighted by molar-refractivity contribution is 0.183. The molecule has 1 heterocycles. The molecular weight excluding hydrogens is 226 g/mol. The van der Waals surface area contributed by atoms with Crippen molar-refractivity contribution in [2.24, 2.45) is 5.92 Å². The van der Waals surface area contributed by atoms with Crippen molar-refractivity contribution >= 4 is 5.69 Å². The Labute approximate surface area is 109 Å². The zero-order valence-electron chi connectivity index (χ0n) is 11.5. The minimum Gasteiger partial charge on any atom is -0.489 e. The third-order valence-electron chi connectivity index (χ3n) is 3.30. The van der Waals surface area contributed by atoms with Crippen LogP contribution >= 0.6 is 0 Å². The van der Waals surface area contributed by atoms with Gasteiger partial charge in [0.15, 0.2) is 0 Å². The van der Waals surface area contributed by atoms with Crippen LogP contribution in [0.4, 0.5) is 5.69 Å². The Hall–Kier alpha value is -1.22. The van der Waals surface area contributed by atoms with Gasteiger partial charge in [-0.1, -0.05) is 12.1 Å². The Morgan fingerprint density at radius 3 is 2.72 bits per heavy atom. The van der Waals surface area contributed by atoms with Crippen LogP contribution in [0.5, 0.6) is 5.75 Å². The van der Waals surface area contributed by atoms with Gasteiger partial charge in [-0.15, -0.1) is 0 Å². The average molecular weight is 249 g/mol. The first-order valence-electron chi connectivity index (χ1n) is 6.77. The Bertz CT molecular complexity index is 373. The predicted octanol–water partition coefficient (Wildman–Crippen LogP) is 3.31. The van der Waals surface area contributed by atoms with E-state index < -0.39 is 0 Å². The largest absolute Gasteiger partial charge is 0.489 e. The minimum atomic E-state index is 0.193. The Morgan fingerprint density at radius 1 is 1.28 bits per heavy atom. The van der Waals surface area contributed by atoms with Gasteiger partial charge in [-0.25, -0.2) is 0 Å². The molecule has 0 bridgehead atoms. The van der Waals surface area contributed by atoms with E-state index in [-0.39, 0.29) is 6.10 Å². The maximum Gasteiger partial charge on any atom is 0.142 e. The third-order valence-corrected chi connectivity index (χ3v) is 3.30. The van der Waals surface area contributed by atoms with Gasteiger partial charge in [-0.05, 0) is 39.3 Å². The zero-order chi connectivity index (χ0) is 13.0. The van der Waals surface area contributed by atoms with Crippen LogP contribution in [0.15, 0.2) is 24.3 Å². The lowest BCUT2D eigenvalue weighted by Crippen LogP contribution is -2.26. The summed E-state index contributed by atoms with van der Waals surface area (Å²) < 4.78 is 11.3. The number of nitrogens with one attached hydrogen (secondary N) is 1. The smallest absolute Gasteiger partial charge is 0.142 e. The van der Waals surface area contributed by atoms with E-state index in [0.717, 1.165) is 31.1 Å². The van der Waals surface area contributed by atoms with Crippen molar-refractivity contribution in [3.8, 4) is 5.75 Å². The van der Waals surface area contributed by atoms with Crippen LogP contribution in [0.1, 0.15) is 27.2 Å². The number of para-hydroxylation sites is 2. The summed E-state index contributed by atoms with van der Waals surface area (Å²) >= 11 is 0. The first kappa shape index (κ1) is 13.2. The van der Waals surface area contributed by atoms with Crippen LogP contribution < -0.4 is 10.1 Å². The highest BCUT2D eigenvalue weighted by molar-refractivity contribution is 5.56. The van der Waals surface area contributed by atoms with Gasteiger partial charge in [0.25, 0.3) is 0 Å². The fraction of sp³-hybridized carbons (Fsp3) is 0.600. The molecule has 1 saturated heterocycles. The first-order valence-corrected chi connectivity index (χ1v) is 6.77. The number of ether oxygens (including phenoxy) is 2. The summed E-state index contributed by atoms with van der Waals surface area (Å²) in [7, 11) is 0. The molecule has 100 valence electrons. The van der Waals surface area contributed by atoms with Crippen molar-refractivity contribution < 1.29 is 9.47 Å². The molecule has 3 heteroatoms. The van der Waals surface area contributed by atoms with Gasteiger partial charge in [0.05, 0.1) is 18.4 Å². The van der Waals surface area contributed by atoms with Gasteiger partial charge in [0, 0.05) is 18.6 Å². The van der Waals surface area contributed by atoms with Crippen LogP contribution in [0, 0.1) is 5.92 Å². The molecule has 0 saturated carbocycles.